The molecule has 11 heteroatoms. The molecule has 4 fully saturated rings. The Bertz CT molecular complexity index is 1090. The van der Waals surface area contributed by atoms with Gasteiger partial charge in [0.25, 0.3) is 0 Å². The molecule has 0 aliphatic carbocycles. The van der Waals surface area contributed by atoms with Crippen LogP contribution in [0.3, 0.4) is 0 Å². The van der Waals surface area contributed by atoms with Crippen LogP contribution in [0.1, 0.15) is 40.0 Å². The fourth-order valence-electron chi connectivity index (χ4n) is 7.15. The van der Waals surface area contributed by atoms with Crippen LogP contribution >= 0.6 is 0 Å². The van der Waals surface area contributed by atoms with Crippen molar-refractivity contribution in [3.05, 3.63) is 24.3 Å². The maximum absolute atomic E-state index is 14.1. The summed E-state index contributed by atoms with van der Waals surface area (Å²) in [5.41, 5.74) is -1.41. The summed E-state index contributed by atoms with van der Waals surface area (Å²) in [6, 6.07) is 5.63. The third-order valence-corrected chi connectivity index (χ3v) is 9.08. The molecule has 1 spiro atoms. The maximum Gasteiger partial charge on any atom is 0.245 e. The molecule has 4 saturated heterocycles. The molecule has 1 aromatic carbocycles. The van der Waals surface area contributed by atoms with Crippen molar-refractivity contribution in [2.45, 2.75) is 63.3 Å². The summed E-state index contributed by atoms with van der Waals surface area (Å²) in [6.07, 6.45) is 1.52. The molecule has 6 atom stereocenters. The minimum Gasteiger partial charge on any atom is -0.494 e. The third-order valence-electron chi connectivity index (χ3n) is 9.08. The largest absolute Gasteiger partial charge is 0.494 e. The number of hydrogen-bond acceptors (Lipinski definition) is 8. The number of nitrogens with zero attached hydrogens (tertiary/aromatic N) is 2. The van der Waals surface area contributed by atoms with Gasteiger partial charge in [0.2, 0.25) is 17.7 Å². The van der Waals surface area contributed by atoms with Gasteiger partial charge in [-0.25, -0.2) is 0 Å². The molecule has 0 radical (unpaired) electrons. The van der Waals surface area contributed by atoms with E-state index in [1.54, 1.807) is 24.3 Å². The number of anilines is 1. The van der Waals surface area contributed by atoms with Crippen LogP contribution in [-0.4, -0.2) is 109 Å². The number of carbonyl (C=O) groups excluding carboxylic acids is 3. The zero-order valence-corrected chi connectivity index (χ0v) is 23.7. The zero-order valence-electron chi connectivity index (χ0n) is 23.7. The van der Waals surface area contributed by atoms with Crippen LogP contribution in [0.15, 0.2) is 24.3 Å². The minimum absolute atomic E-state index is 0.275. The standard InChI is InChI=1S/C29H42N4O7/c1-4-20(18-34)33-24(26(36)30-12-13-32-14-16-38-17-15-32)29-11-10-28(3,40-29)22(23(29)27(33)37)25(35)31-19-6-8-21(9-7-19)39-5-2/h6-9,20,22-24,34H,4-5,10-18H2,1-3H3,(H,30,36)(H,31,35)/t20-,22+,23-,24?,28-,29?/m0/s1. The molecule has 2 bridgehead atoms. The molecule has 220 valence electrons. The van der Waals surface area contributed by atoms with E-state index in [1.165, 1.54) is 4.90 Å². The zero-order chi connectivity index (χ0) is 28.5. The molecule has 40 heavy (non-hydrogen) atoms. The lowest BCUT2D eigenvalue weighted by Crippen LogP contribution is -2.58. The number of nitrogens with one attached hydrogen (secondary N) is 2. The van der Waals surface area contributed by atoms with Gasteiger partial charge in [-0.1, -0.05) is 6.92 Å². The highest BCUT2D eigenvalue weighted by atomic mass is 16.5. The Morgan fingerprint density at radius 3 is 2.52 bits per heavy atom. The normalized spacial score (nSPS) is 32.1. The number of aliphatic hydroxyl groups is 1. The van der Waals surface area contributed by atoms with Crippen LogP contribution in [0.4, 0.5) is 5.69 Å². The summed E-state index contributed by atoms with van der Waals surface area (Å²) < 4.78 is 17.6. The first kappa shape index (κ1) is 28.8. The number of hydrogen-bond donors (Lipinski definition) is 3. The molecule has 3 amide bonds. The van der Waals surface area contributed by atoms with Gasteiger partial charge in [-0.3, -0.25) is 19.3 Å². The highest BCUT2D eigenvalue weighted by molar-refractivity contribution is 6.02. The second kappa shape index (κ2) is 11.6. The van der Waals surface area contributed by atoms with E-state index in [1.807, 2.05) is 20.8 Å². The van der Waals surface area contributed by atoms with Crippen LogP contribution in [0.2, 0.25) is 0 Å². The Hall–Kier alpha value is -2.73. The number of aliphatic hydroxyl groups excluding tert-OH is 1. The summed E-state index contributed by atoms with van der Waals surface area (Å²) in [4.78, 5) is 45.5. The first-order valence-electron chi connectivity index (χ1n) is 14.5. The van der Waals surface area contributed by atoms with E-state index >= 15 is 0 Å². The number of benzene rings is 1. The lowest BCUT2D eigenvalue weighted by Gasteiger charge is -2.37. The second-order valence-corrected chi connectivity index (χ2v) is 11.4. The molecule has 5 rings (SSSR count). The van der Waals surface area contributed by atoms with Gasteiger partial charge in [0.1, 0.15) is 17.4 Å². The summed E-state index contributed by atoms with van der Waals surface area (Å²) in [7, 11) is 0. The predicted octanol–water partition coefficient (Wildman–Crippen LogP) is 1.01. The van der Waals surface area contributed by atoms with Crippen molar-refractivity contribution in [1.29, 1.82) is 0 Å². The number of carbonyl (C=O) groups is 3. The first-order chi connectivity index (χ1) is 19.3. The number of ether oxygens (including phenoxy) is 3. The van der Waals surface area contributed by atoms with E-state index < -0.39 is 35.1 Å². The Labute approximate surface area is 235 Å². The molecule has 4 aliphatic rings. The maximum atomic E-state index is 14.1. The SMILES string of the molecule is CCOc1ccc(NC(=O)[C@H]2[C@H]3C(=O)N([C@@H](CC)CO)C(C(=O)NCCN4CCOCC4)C34CC[C@]2(C)O4)cc1. The van der Waals surface area contributed by atoms with Crippen LogP contribution in [0, 0.1) is 11.8 Å². The molecule has 0 saturated carbocycles. The molecule has 4 aliphatic heterocycles. The summed E-state index contributed by atoms with van der Waals surface area (Å²) in [5.74, 6) is -1.79. The average molecular weight is 559 g/mol. The van der Waals surface area contributed by atoms with Crippen molar-refractivity contribution in [3.8, 4) is 5.75 Å². The Morgan fingerprint density at radius 1 is 1.15 bits per heavy atom. The van der Waals surface area contributed by atoms with E-state index in [0.717, 1.165) is 13.1 Å². The van der Waals surface area contributed by atoms with Crippen molar-refractivity contribution >= 4 is 23.4 Å². The molecular weight excluding hydrogens is 516 g/mol. The fraction of sp³-hybridized carbons (Fsp3) is 0.690. The molecule has 11 nitrogen and oxygen atoms in total. The number of morpholine rings is 1. The highest BCUT2D eigenvalue weighted by Crippen LogP contribution is 2.63. The number of amides is 3. The van der Waals surface area contributed by atoms with Gasteiger partial charge in [-0.05, 0) is 57.4 Å². The van der Waals surface area contributed by atoms with Crippen LogP contribution in [0.5, 0.6) is 5.75 Å². The van der Waals surface area contributed by atoms with Crippen LogP contribution < -0.4 is 15.4 Å². The predicted molar refractivity (Wildman–Crippen MR) is 147 cm³/mol. The third kappa shape index (κ3) is 4.97. The van der Waals surface area contributed by atoms with Gasteiger partial charge in [-0.15, -0.1) is 0 Å². The topological polar surface area (TPSA) is 130 Å². The molecule has 2 unspecified atom stereocenters. The van der Waals surface area contributed by atoms with Gasteiger partial charge in [-0.2, -0.15) is 0 Å². The lowest BCUT2D eigenvalue weighted by atomic mass is 9.66. The molecule has 0 aromatic heterocycles. The molecule has 3 N–H and O–H groups in total. The summed E-state index contributed by atoms with van der Waals surface area (Å²) >= 11 is 0. The minimum atomic E-state index is -1.13. The highest BCUT2D eigenvalue weighted by Gasteiger charge is 2.78. The van der Waals surface area contributed by atoms with Crippen LogP contribution in [-0.2, 0) is 23.9 Å². The van der Waals surface area contributed by atoms with Crippen molar-refractivity contribution in [3.63, 3.8) is 0 Å². The lowest BCUT2D eigenvalue weighted by molar-refractivity contribution is -0.148. The van der Waals surface area contributed by atoms with Gasteiger partial charge < -0.3 is 34.9 Å². The Kier molecular flexibility index (Phi) is 8.37. The Balaban J connectivity index is 1.39. The van der Waals surface area contributed by atoms with Crippen molar-refractivity contribution in [1.82, 2.24) is 15.1 Å². The van der Waals surface area contributed by atoms with E-state index in [0.29, 0.717) is 63.6 Å². The number of rotatable bonds is 11. The first-order valence-corrected chi connectivity index (χ1v) is 14.5. The smallest absolute Gasteiger partial charge is 0.245 e. The van der Waals surface area contributed by atoms with Crippen molar-refractivity contribution in [2.24, 2.45) is 11.8 Å². The fourth-order valence-corrected chi connectivity index (χ4v) is 7.15. The van der Waals surface area contributed by atoms with E-state index in [4.69, 9.17) is 14.2 Å². The van der Waals surface area contributed by atoms with E-state index in [2.05, 4.69) is 15.5 Å². The molecule has 1 aromatic rings. The van der Waals surface area contributed by atoms with E-state index in [-0.39, 0.29) is 24.3 Å². The monoisotopic (exact) mass is 558 g/mol. The van der Waals surface area contributed by atoms with Crippen molar-refractivity contribution < 1.29 is 33.7 Å². The van der Waals surface area contributed by atoms with E-state index in [9.17, 15) is 19.5 Å². The second-order valence-electron chi connectivity index (χ2n) is 11.4. The van der Waals surface area contributed by atoms with Crippen molar-refractivity contribution in [2.75, 3.05) is 57.9 Å². The number of fused-ring (bicyclic) bond motifs is 1. The number of likely N-dealkylation sites (tertiary alicyclic amines) is 1. The molecular formula is C29H42N4O7. The molecule has 4 heterocycles. The average Bonchev–Trinajstić information content (AvgIpc) is 3.52. The summed E-state index contributed by atoms with van der Waals surface area (Å²) in [6.45, 7) is 9.98. The van der Waals surface area contributed by atoms with Gasteiger partial charge >= 0.3 is 0 Å². The van der Waals surface area contributed by atoms with Gasteiger partial charge in [0.05, 0.1) is 49.9 Å². The van der Waals surface area contributed by atoms with Gasteiger partial charge in [0, 0.05) is 31.9 Å². The quantitative estimate of drug-likeness (QED) is 0.367. The summed E-state index contributed by atoms with van der Waals surface area (Å²) in [5, 5.41) is 16.2. The van der Waals surface area contributed by atoms with Gasteiger partial charge in [0.15, 0.2) is 0 Å². The van der Waals surface area contributed by atoms with Crippen LogP contribution in [0.25, 0.3) is 0 Å². The Morgan fingerprint density at radius 2 is 1.88 bits per heavy atom.